The Kier molecular flexibility index (Phi) is 5.91. The third kappa shape index (κ3) is 4.19. The number of fused-ring (bicyclic) bond motifs is 1. The van der Waals surface area contributed by atoms with Crippen molar-refractivity contribution in [2.75, 3.05) is 24.5 Å². The summed E-state index contributed by atoms with van der Waals surface area (Å²) in [6.07, 6.45) is 0.772. The Morgan fingerprint density at radius 2 is 1.74 bits per heavy atom. The van der Waals surface area contributed by atoms with Gasteiger partial charge in [0.2, 0.25) is 0 Å². The fourth-order valence-electron chi connectivity index (χ4n) is 3.34. The molecular formula is C22H25N3O2. The number of hydrogen-bond donors (Lipinski definition) is 2. The van der Waals surface area contributed by atoms with E-state index in [0.717, 1.165) is 41.8 Å². The van der Waals surface area contributed by atoms with E-state index in [4.69, 9.17) is 0 Å². The molecule has 0 saturated carbocycles. The quantitative estimate of drug-likeness (QED) is 0.364. The SMILES string of the molecule is CCN(CCCNC(=O)C(=O)c1c(C)[nH]c2ccccc12)c1ccccc1. The average Bonchev–Trinajstić information content (AvgIpc) is 3.03. The molecular weight excluding hydrogens is 338 g/mol. The van der Waals surface area contributed by atoms with E-state index in [1.165, 1.54) is 0 Å². The number of H-pyrrole nitrogens is 1. The van der Waals surface area contributed by atoms with Crippen molar-refractivity contribution in [1.29, 1.82) is 0 Å². The van der Waals surface area contributed by atoms with Gasteiger partial charge in [-0.2, -0.15) is 0 Å². The third-order valence-corrected chi connectivity index (χ3v) is 4.72. The van der Waals surface area contributed by atoms with Crippen LogP contribution < -0.4 is 10.2 Å². The topological polar surface area (TPSA) is 65.2 Å². The lowest BCUT2D eigenvalue weighted by Gasteiger charge is -2.23. The van der Waals surface area contributed by atoms with Crippen molar-refractivity contribution in [2.24, 2.45) is 0 Å². The highest BCUT2D eigenvalue weighted by Gasteiger charge is 2.22. The molecule has 0 radical (unpaired) electrons. The Morgan fingerprint density at radius 1 is 1.04 bits per heavy atom. The molecule has 0 aliphatic carbocycles. The summed E-state index contributed by atoms with van der Waals surface area (Å²) in [6.45, 7) is 6.11. The van der Waals surface area contributed by atoms with E-state index in [9.17, 15) is 9.59 Å². The molecule has 2 N–H and O–H groups in total. The van der Waals surface area contributed by atoms with Gasteiger partial charge in [0.1, 0.15) is 0 Å². The van der Waals surface area contributed by atoms with Crippen molar-refractivity contribution in [3.63, 3.8) is 0 Å². The van der Waals surface area contributed by atoms with Gasteiger partial charge in [-0.15, -0.1) is 0 Å². The van der Waals surface area contributed by atoms with E-state index >= 15 is 0 Å². The number of amides is 1. The van der Waals surface area contributed by atoms with Gasteiger partial charge in [0, 0.05) is 41.9 Å². The highest BCUT2D eigenvalue weighted by molar-refractivity contribution is 6.45. The van der Waals surface area contributed by atoms with Crippen molar-refractivity contribution in [2.45, 2.75) is 20.3 Å². The number of aryl methyl sites for hydroxylation is 1. The number of carbonyl (C=O) groups excluding carboxylic acids is 2. The summed E-state index contributed by atoms with van der Waals surface area (Å²) in [5, 5.41) is 3.55. The van der Waals surface area contributed by atoms with Gasteiger partial charge >= 0.3 is 0 Å². The lowest BCUT2D eigenvalue weighted by Crippen LogP contribution is -2.34. The van der Waals surface area contributed by atoms with E-state index in [0.29, 0.717) is 12.1 Å². The summed E-state index contributed by atoms with van der Waals surface area (Å²) in [5.74, 6) is -1.04. The maximum absolute atomic E-state index is 12.6. The van der Waals surface area contributed by atoms with Crippen LogP contribution in [0.4, 0.5) is 5.69 Å². The molecule has 27 heavy (non-hydrogen) atoms. The predicted molar refractivity (Wildman–Crippen MR) is 109 cm³/mol. The molecule has 1 heterocycles. The Morgan fingerprint density at radius 3 is 2.48 bits per heavy atom. The van der Waals surface area contributed by atoms with Gasteiger partial charge in [-0.1, -0.05) is 36.4 Å². The number of nitrogens with one attached hydrogen (secondary N) is 2. The van der Waals surface area contributed by atoms with Crippen LogP contribution in [0.3, 0.4) is 0 Å². The molecule has 5 heteroatoms. The molecule has 3 rings (SSSR count). The molecule has 5 nitrogen and oxygen atoms in total. The van der Waals surface area contributed by atoms with Gasteiger partial charge in [0.05, 0.1) is 5.56 Å². The van der Waals surface area contributed by atoms with Gasteiger partial charge in [-0.3, -0.25) is 9.59 Å². The number of anilines is 1. The van der Waals surface area contributed by atoms with Crippen LogP contribution in [0.1, 0.15) is 29.4 Å². The zero-order valence-corrected chi connectivity index (χ0v) is 15.8. The van der Waals surface area contributed by atoms with Crippen molar-refractivity contribution in [3.05, 3.63) is 65.9 Å². The second-order valence-corrected chi connectivity index (χ2v) is 6.52. The summed E-state index contributed by atoms with van der Waals surface area (Å²) >= 11 is 0. The first-order chi connectivity index (χ1) is 13.1. The minimum atomic E-state index is -0.550. The van der Waals surface area contributed by atoms with Gasteiger partial charge < -0.3 is 15.2 Å². The second-order valence-electron chi connectivity index (χ2n) is 6.52. The Balaban J connectivity index is 1.56. The standard InChI is InChI=1S/C22H25N3O2/c1-3-25(17-10-5-4-6-11-17)15-9-14-23-22(27)21(26)20-16(2)24-19-13-8-7-12-18(19)20/h4-8,10-13,24H,3,9,14-15H2,1-2H3,(H,23,27). The number of rotatable bonds is 8. The fourth-order valence-corrected chi connectivity index (χ4v) is 3.34. The van der Waals surface area contributed by atoms with Crippen LogP contribution in [-0.2, 0) is 4.79 Å². The Hall–Kier alpha value is -3.08. The zero-order chi connectivity index (χ0) is 19.2. The second kappa shape index (κ2) is 8.54. The van der Waals surface area contributed by atoms with E-state index in [1.807, 2.05) is 49.4 Å². The largest absolute Gasteiger partial charge is 0.372 e. The van der Waals surface area contributed by atoms with Gasteiger partial charge in [-0.25, -0.2) is 0 Å². The first-order valence-electron chi connectivity index (χ1n) is 9.31. The third-order valence-electron chi connectivity index (χ3n) is 4.72. The first-order valence-corrected chi connectivity index (χ1v) is 9.31. The average molecular weight is 363 g/mol. The highest BCUT2D eigenvalue weighted by atomic mass is 16.2. The van der Waals surface area contributed by atoms with E-state index in [-0.39, 0.29) is 0 Å². The molecule has 0 atom stereocenters. The van der Waals surface area contributed by atoms with Crippen LogP contribution >= 0.6 is 0 Å². The minimum absolute atomic E-state index is 0.461. The van der Waals surface area contributed by atoms with Crippen LogP contribution in [0.25, 0.3) is 10.9 Å². The van der Waals surface area contributed by atoms with Crippen LogP contribution in [0.5, 0.6) is 0 Å². The number of aromatic amines is 1. The van der Waals surface area contributed by atoms with E-state index in [2.05, 4.69) is 34.3 Å². The monoisotopic (exact) mass is 363 g/mol. The number of Topliss-reactive ketones (excluding diaryl/α,β-unsaturated/α-hetero) is 1. The lowest BCUT2D eigenvalue weighted by atomic mass is 10.1. The fraction of sp³-hybridized carbons (Fsp3) is 0.273. The molecule has 0 unspecified atom stereocenters. The van der Waals surface area contributed by atoms with Crippen molar-refractivity contribution in [1.82, 2.24) is 10.3 Å². The molecule has 1 amide bonds. The number of para-hydroxylation sites is 2. The van der Waals surface area contributed by atoms with Gasteiger partial charge in [0.15, 0.2) is 0 Å². The highest BCUT2D eigenvalue weighted by Crippen LogP contribution is 2.22. The smallest absolute Gasteiger partial charge is 0.292 e. The molecule has 0 fully saturated rings. The maximum Gasteiger partial charge on any atom is 0.292 e. The minimum Gasteiger partial charge on any atom is -0.372 e. The molecule has 0 saturated heterocycles. The van der Waals surface area contributed by atoms with Crippen molar-refractivity contribution < 1.29 is 9.59 Å². The summed E-state index contributed by atoms with van der Waals surface area (Å²) in [7, 11) is 0. The van der Waals surface area contributed by atoms with Crippen molar-refractivity contribution in [3.8, 4) is 0 Å². The summed E-state index contributed by atoms with van der Waals surface area (Å²) in [6, 6.07) is 17.7. The molecule has 0 aliphatic heterocycles. The lowest BCUT2D eigenvalue weighted by molar-refractivity contribution is -0.117. The molecule has 1 aromatic heterocycles. The number of benzene rings is 2. The molecule has 3 aromatic rings. The molecule has 2 aromatic carbocycles. The molecule has 0 aliphatic rings. The van der Waals surface area contributed by atoms with Crippen LogP contribution in [0.2, 0.25) is 0 Å². The van der Waals surface area contributed by atoms with Crippen LogP contribution in [0.15, 0.2) is 54.6 Å². The molecule has 0 bridgehead atoms. The number of hydrogen-bond acceptors (Lipinski definition) is 3. The Bertz CT molecular complexity index is 931. The zero-order valence-electron chi connectivity index (χ0n) is 15.8. The van der Waals surface area contributed by atoms with E-state index < -0.39 is 11.7 Å². The number of carbonyl (C=O) groups is 2. The van der Waals surface area contributed by atoms with Crippen LogP contribution in [-0.4, -0.2) is 36.3 Å². The predicted octanol–water partition coefficient (Wildman–Crippen LogP) is 3.69. The molecule has 0 spiro atoms. The van der Waals surface area contributed by atoms with Gasteiger partial charge in [-0.05, 0) is 38.5 Å². The number of aromatic nitrogens is 1. The maximum atomic E-state index is 12.6. The summed E-state index contributed by atoms with van der Waals surface area (Å²) in [4.78, 5) is 30.3. The van der Waals surface area contributed by atoms with Crippen LogP contribution in [0, 0.1) is 6.92 Å². The number of nitrogens with zero attached hydrogens (tertiary/aromatic N) is 1. The van der Waals surface area contributed by atoms with E-state index in [1.54, 1.807) is 0 Å². The van der Waals surface area contributed by atoms with Crippen molar-refractivity contribution >= 4 is 28.3 Å². The summed E-state index contributed by atoms with van der Waals surface area (Å²) < 4.78 is 0. The Labute approximate surface area is 159 Å². The number of ketones is 1. The van der Waals surface area contributed by atoms with Gasteiger partial charge in [0.25, 0.3) is 11.7 Å². The molecule has 140 valence electrons. The normalized spacial score (nSPS) is 10.7. The first kappa shape index (κ1) is 18.7. The summed E-state index contributed by atoms with van der Waals surface area (Å²) in [5.41, 5.74) is 3.21.